The van der Waals surface area contributed by atoms with Gasteiger partial charge in [-0.25, -0.2) is 9.97 Å². The van der Waals surface area contributed by atoms with Gasteiger partial charge in [-0.2, -0.15) is 0 Å². The summed E-state index contributed by atoms with van der Waals surface area (Å²) in [6, 6.07) is 24.8. The van der Waals surface area contributed by atoms with Gasteiger partial charge in [0.25, 0.3) is 0 Å². The van der Waals surface area contributed by atoms with Crippen molar-refractivity contribution in [3.63, 3.8) is 0 Å². The summed E-state index contributed by atoms with van der Waals surface area (Å²) in [6.45, 7) is 22.1. The molecule has 0 aliphatic heterocycles. The van der Waals surface area contributed by atoms with Crippen LogP contribution in [0.1, 0.15) is 85.3 Å². The molecule has 10 rings (SSSR count). The van der Waals surface area contributed by atoms with Crippen molar-refractivity contribution in [1.29, 1.82) is 0 Å². The van der Waals surface area contributed by atoms with E-state index in [0.717, 1.165) is 68.9 Å². The number of aryl methyl sites for hydroxylation is 6. The normalized spacial score (nSPS) is 12.8. The molecule has 0 amide bonds. The quantitative estimate of drug-likeness (QED) is 0.142. The Morgan fingerprint density at radius 1 is 0.557 bits per heavy atom. The predicted molar refractivity (Wildman–Crippen MR) is 246 cm³/mol. The van der Waals surface area contributed by atoms with E-state index in [1.54, 1.807) is 0 Å². The first-order chi connectivity index (χ1) is 28.9. The van der Waals surface area contributed by atoms with E-state index in [1.807, 2.05) is 63.2 Å². The number of nitrogens with zero attached hydrogens (tertiary/aromatic N) is 8. The monoisotopic (exact) mass is 985 g/mol. The average Bonchev–Trinajstić information content (AvgIpc) is 4.04. The molecule has 2 unspecified atom stereocenters. The van der Waals surface area contributed by atoms with Gasteiger partial charge in [0.2, 0.25) is 11.6 Å². The minimum absolute atomic E-state index is 0. The molecule has 312 valence electrons. The molecule has 0 saturated heterocycles. The maximum absolute atomic E-state index is 4.79. The van der Waals surface area contributed by atoms with Gasteiger partial charge < -0.3 is 17.6 Å². The van der Waals surface area contributed by atoms with Gasteiger partial charge in [0, 0.05) is 48.6 Å². The summed E-state index contributed by atoms with van der Waals surface area (Å²) in [5.74, 6) is 3.15. The Hall–Kier alpha value is -5.59. The molecular formula is C52H54N8Pt. The fraction of sp³-hybridized carbons (Fsp3) is 0.308. The Labute approximate surface area is 373 Å². The summed E-state index contributed by atoms with van der Waals surface area (Å²) < 4.78 is 8.46. The SMILES string of the molecule is CCC(C)Cc1cc(C)c(-c2cc[c-]c3c4nc(C)cn4c4nccn4c23)c(C)c1.CCC(C)Cc1cc(C)c(-c2cc[c-]c3c4nc(C)cn4c4nccn4c23)c(C)c1.[Pt+2]. The van der Waals surface area contributed by atoms with E-state index in [2.05, 4.69) is 131 Å². The van der Waals surface area contributed by atoms with Crippen molar-refractivity contribution >= 4 is 44.7 Å². The van der Waals surface area contributed by atoms with Gasteiger partial charge in [-0.3, -0.25) is 9.97 Å². The molecule has 4 aromatic carbocycles. The van der Waals surface area contributed by atoms with Crippen molar-refractivity contribution in [2.24, 2.45) is 11.8 Å². The molecular weight excluding hydrogens is 932 g/mol. The van der Waals surface area contributed by atoms with Gasteiger partial charge in [0.1, 0.15) is 0 Å². The molecule has 0 bridgehead atoms. The summed E-state index contributed by atoms with van der Waals surface area (Å²) >= 11 is 0. The number of benzene rings is 4. The van der Waals surface area contributed by atoms with Crippen LogP contribution in [0.4, 0.5) is 0 Å². The van der Waals surface area contributed by atoms with E-state index in [-0.39, 0.29) is 21.1 Å². The van der Waals surface area contributed by atoms with E-state index in [0.29, 0.717) is 11.8 Å². The van der Waals surface area contributed by atoms with E-state index in [9.17, 15) is 0 Å². The molecule has 6 aromatic heterocycles. The molecule has 61 heavy (non-hydrogen) atoms. The zero-order valence-electron chi connectivity index (χ0n) is 37.0. The molecule has 0 aliphatic rings. The van der Waals surface area contributed by atoms with Gasteiger partial charge >= 0.3 is 21.1 Å². The largest absolute Gasteiger partial charge is 2.00 e. The fourth-order valence-corrected chi connectivity index (χ4v) is 9.46. The van der Waals surface area contributed by atoms with Crippen LogP contribution in [0, 0.1) is 65.5 Å². The zero-order valence-corrected chi connectivity index (χ0v) is 39.2. The van der Waals surface area contributed by atoms with Crippen molar-refractivity contribution in [3.05, 3.63) is 143 Å². The van der Waals surface area contributed by atoms with Crippen LogP contribution in [-0.4, -0.2) is 37.5 Å². The van der Waals surface area contributed by atoms with Crippen LogP contribution in [0.5, 0.6) is 0 Å². The fourth-order valence-electron chi connectivity index (χ4n) is 9.46. The number of hydrogen-bond donors (Lipinski definition) is 0. The zero-order chi connectivity index (χ0) is 42.0. The predicted octanol–water partition coefficient (Wildman–Crippen LogP) is 12.2. The van der Waals surface area contributed by atoms with Crippen LogP contribution in [-0.2, 0) is 33.9 Å². The molecule has 6 heterocycles. The summed E-state index contributed by atoms with van der Waals surface area (Å²) in [5, 5.41) is 2.04. The van der Waals surface area contributed by atoms with E-state index in [1.165, 1.54) is 68.5 Å². The van der Waals surface area contributed by atoms with Gasteiger partial charge in [0.05, 0.1) is 11.3 Å². The van der Waals surface area contributed by atoms with E-state index in [4.69, 9.17) is 9.97 Å². The third kappa shape index (κ3) is 7.37. The first-order valence-corrected chi connectivity index (χ1v) is 21.5. The average molecular weight is 986 g/mol. The van der Waals surface area contributed by atoms with Crippen LogP contribution in [0.3, 0.4) is 0 Å². The molecule has 0 spiro atoms. The molecule has 10 aromatic rings. The van der Waals surface area contributed by atoms with Crippen LogP contribution in [0.25, 0.3) is 66.9 Å². The third-order valence-electron chi connectivity index (χ3n) is 12.5. The summed E-state index contributed by atoms with van der Waals surface area (Å²) in [7, 11) is 0. The van der Waals surface area contributed by atoms with Crippen molar-refractivity contribution in [1.82, 2.24) is 37.5 Å². The van der Waals surface area contributed by atoms with Gasteiger partial charge in [-0.1, -0.05) is 86.7 Å². The first-order valence-electron chi connectivity index (χ1n) is 21.5. The standard InChI is InChI=1S/2C26H27N4.Pt/c2*1-6-16(2)12-20-13-17(3)23(18(4)14-20)21-8-7-9-22-24(21)29-11-10-27-26(29)30-15-19(5)28-25(22)30;/h2*7-8,10-11,13-16H,6,12H2,1-5H3;/q2*-1;+2. The van der Waals surface area contributed by atoms with E-state index >= 15 is 0 Å². The Balaban J connectivity index is 0.000000166. The molecule has 2 atom stereocenters. The molecule has 0 N–H and O–H groups in total. The molecule has 9 heteroatoms. The summed E-state index contributed by atoms with van der Waals surface area (Å²) in [4.78, 5) is 18.8. The van der Waals surface area contributed by atoms with Crippen molar-refractivity contribution in [3.8, 4) is 22.3 Å². The Bertz CT molecular complexity index is 2990. The molecule has 0 radical (unpaired) electrons. The Morgan fingerprint density at radius 3 is 1.30 bits per heavy atom. The Morgan fingerprint density at radius 2 is 0.934 bits per heavy atom. The van der Waals surface area contributed by atoms with Crippen LogP contribution < -0.4 is 0 Å². The number of hydrogen-bond acceptors (Lipinski definition) is 4. The van der Waals surface area contributed by atoms with Gasteiger partial charge in [-0.15, -0.1) is 36.4 Å². The maximum atomic E-state index is 4.79. The Kier molecular flexibility index (Phi) is 11.5. The molecule has 0 saturated carbocycles. The third-order valence-corrected chi connectivity index (χ3v) is 12.5. The number of fused-ring (bicyclic) bond motifs is 12. The van der Waals surface area contributed by atoms with Crippen molar-refractivity contribution in [2.45, 2.75) is 94.9 Å². The molecule has 8 nitrogen and oxygen atoms in total. The van der Waals surface area contributed by atoms with Crippen molar-refractivity contribution < 1.29 is 21.1 Å². The van der Waals surface area contributed by atoms with Gasteiger partial charge in [-0.05, 0) is 122 Å². The summed E-state index contributed by atoms with van der Waals surface area (Å²) in [6.07, 6.45) is 16.5. The van der Waals surface area contributed by atoms with Gasteiger partial charge in [0.15, 0.2) is 0 Å². The second-order valence-electron chi connectivity index (χ2n) is 17.2. The molecule has 0 aliphatic carbocycles. The summed E-state index contributed by atoms with van der Waals surface area (Å²) in [5.41, 5.74) is 19.1. The first kappa shape index (κ1) is 42.1. The second-order valence-corrected chi connectivity index (χ2v) is 17.2. The van der Waals surface area contributed by atoms with Crippen LogP contribution in [0.2, 0.25) is 0 Å². The number of aromatic nitrogens is 8. The maximum Gasteiger partial charge on any atom is 2.00 e. The number of rotatable bonds is 8. The topological polar surface area (TPSA) is 69.2 Å². The minimum atomic E-state index is 0. The smallest absolute Gasteiger partial charge is 0.327 e. The minimum Gasteiger partial charge on any atom is -0.327 e. The van der Waals surface area contributed by atoms with Crippen LogP contribution in [0.15, 0.2) is 85.7 Å². The van der Waals surface area contributed by atoms with E-state index < -0.39 is 0 Å². The van der Waals surface area contributed by atoms with Crippen molar-refractivity contribution in [2.75, 3.05) is 0 Å². The van der Waals surface area contributed by atoms with Crippen LogP contribution >= 0.6 is 0 Å². The second kappa shape index (κ2) is 16.7. The number of imidazole rings is 4. The molecule has 0 fully saturated rings.